The SMILES string of the molecule is O=C(COC(=O)C1C[C@H]2CCC[C@@H](C1)C2=O)N[C@H]1CCCc2ccccc21. The highest BCUT2D eigenvalue weighted by molar-refractivity contribution is 5.88. The van der Waals surface area contributed by atoms with Crippen molar-refractivity contribution in [2.24, 2.45) is 17.8 Å². The minimum absolute atomic E-state index is 0.00666. The maximum absolute atomic E-state index is 12.4. The monoisotopic (exact) mass is 369 g/mol. The number of fused-ring (bicyclic) bond motifs is 3. The Labute approximate surface area is 159 Å². The largest absolute Gasteiger partial charge is 0.455 e. The second kappa shape index (κ2) is 7.83. The highest BCUT2D eigenvalue weighted by Crippen LogP contribution is 2.40. The Morgan fingerprint density at radius 2 is 1.78 bits per heavy atom. The van der Waals surface area contributed by atoms with E-state index in [2.05, 4.69) is 17.4 Å². The van der Waals surface area contributed by atoms with Gasteiger partial charge in [0.15, 0.2) is 6.61 Å². The molecule has 0 spiro atoms. The zero-order valence-electron chi connectivity index (χ0n) is 15.6. The summed E-state index contributed by atoms with van der Waals surface area (Å²) in [5.74, 6) is -0.443. The molecule has 0 saturated heterocycles. The van der Waals surface area contributed by atoms with E-state index in [9.17, 15) is 14.4 Å². The van der Waals surface area contributed by atoms with Crippen LogP contribution in [0.2, 0.25) is 0 Å². The van der Waals surface area contributed by atoms with Gasteiger partial charge in [-0.3, -0.25) is 14.4 Å². The van der Waals surface area contributed by atoms with Crippen molar-refractivity contribution in [1.82, 2.24) is 5.32 Å². The first-order valence-electron chi connectivity index (χ1n) is 10.2. The van der Waals surface area contributed by atoms with Crippen molar-refractivity contribution in [1.29, 1.82) is 0 Å². The second-order valence-electron chi connectivity index (χ2n) is 8.21. The number of hydrogen-bond acceptors (Lipinski definition) is 4. The summed E-state index contributed by atoms with van der Waals surface area (Å²) in [4.78, 5) is 36.9. The number of nitrogens with one attached hydrogen (secondary N) is 1. The lowest BCUT2D eigenvalue weighted by atomic mass is 9.67. The standard InChI is InChI=1S/C22H27NO4/c24-20(23-19-10-4-6-14-5-1-2-9-18(14)19)13-27-22(26)17-11-15-7-3-8-16(12-17)21(15)25/h1-2,5,9,15-17,19H,3-4,6-8,10-13H2,(H,23,24)/t15-,16+,17?,19-/m0/s1. The van der Waals surface area contributed by atoms with E-state index in [1.54, 1.807) is 0 Å². The zero-order valence-corrected chi connectivity index (χ0v) is 15.6. The van der Waals surface area contributed by atoms with Gasteiger partial charge in [0.1, 0.15) is 5.78 Å². The van der Waals surface area contributed by atoms with Crippen LogP contribution in [0.25, 0.3) is 0 Å². The van der Waals surface area contributed by atoms with E-state index in [1.807, 2.05) is 12.1 Å². The lowest BCUT2D eigenvalue weighted by Gasteiger charge is -2.36. The van der Waals surface area contributed by atoms with Gasteiger partial charge in [0.2, 0.25) is 0 Å². The molecule has 1 N–H and O–H groups in total. The van der Waals surface area contributed by atoms with E-state index < -0.39 is 0 Å². The number of hydrogen-bond donors (Lipinski definition) is 1. The number of aryl methyl sites for hydroxylation is 1. The number of rotatable bonds is 4. The summed E-state index contributed by atoms with van der Waals surface area (Å²) in [6, 6.07) is 8.17. The van der Waals surface area contributed by atoms with Crippen LogP contribution in [-0.2, 0) is 25.5 Å². The topological polar surface area (TPSA) is 72.5 Å². The second-order valence-corrected chi connectivity index (χ2v) is 8.21. The molecule has 0 aliphatic heterocycles. The average Bonchev–Trinajstić information content (AvgIpc) is 2.66. The number of benzene rings is 1. The fourth-order valence-electron chi connectivity index (χ4n) is 5.07. The van der Waals surface area contributed by atoms with Crippen molar-refractivity contribution in [3.8, 4) is 0 Å². The fraction of sp³-hybridized carbons (Fsp3) is 0.591. The van der Waals surface area contributed by atoms with Crippen molar-refractivity contribution in [3.05, 3.63) is 35.4 Å². The van der Waals surface area contributed by atoms with Gasteiger partial charge in [-0.1, -0.05) is 30.7 Å². The Morgan fingerprint density at radius 3 is 2.56 bits per heavy atom. The molecule has 27 heavy (non-hydrogen) atoms. The van der Waals surface area contributed by atoms with E-state index in [0.29, 0.717) is 18.6 Å². The van der Waals surface area contributed by atoms with Crippen molar-refractivity contribution < 1.29 is 19.1 Å². The van der Waals surface area contributed by atoms with Gasteiger partial charge in [-0.05, 0) is 56.1 Å². The molecule has 0 aromatic heterocycles. The molecular formula is C22H27NO4. The molecule has 5 heteroatoms. The number of ketones is 1. The van der Waals surface area contributed by atoms with Gasteiger partial charge in [0, 0.05) is 11.8 Å². The molecule has 0 radical (unpaired) electrons. The van der Waals surface area contributed by atoms with Crippen molar-refractivity contribution >= 4 is 17.7 Å². The number of carbonyl (C=O) groups is 3. The van der Waals surface area contributed by atoms with Crippen LogP contribution in [0.1, 0.15) is 62.1 Å². The molecule has 1 amide bonds. The molecule has 4 atom stereocenters. The minimum Gasteiger partial charge on any atom is -0.455 e. The summed E-state index contributed by atoms with van der Waals surface area (Å²) in [7, 11) is 0. The fourth-order valence-corrected chi connectivity index (χ4v) is 5.07. The summed E-state index contributed by atoms with van der Waals surface area (Å²) < 4.78 is 5.31. The first kappa shape index (κ1) is 18.2. The predicted octanol–water partition coefficient (Wildman–Crippen LogP) is 3.12. The third kappa shape index (κ3) is 3.92. The van der Waals surface area contributed by atoms with Crippen LogP contribution in [0.3, 0.4) is 0 Å². The van der Waals surface area contributed by atoms with Crippen LogP contribution in [-0.4, -0.2) is 24.3 Å². The average molecular weight is 369 g/mol. The molecule has 1 aromatic rings. The van der Waals surface area contributed by atoms with E-state index in [1.165, 1.54) is 11.1 Å². The number of carbonyl (C=O) groups excluding carboxylic acids is 3. The van der Waals surface area contributed by atoms with E-state index in [4.69, 9.17) is 4.74 Å². The van der Waals surface area contributed by atoms with Crippen LogP contribution in [0, 0.1) is 17.8 Å². The van der Waals surface area contributed by atoms with Crippen LogP contribution in [0.4, 0.5) is 0 Å². The molecule has 2 fully saturated rings. The van der Waals surface area contributed by atoms with Crippen LogP contribution < -0.4 is 5.32 Å². The third-order valence-electron chi connectivity index (χ3n) is 6.43. The maximum atomic E-state index is 12.4. The Bertz CT molecular complexity index is 728. The number of esters is 1. The highest BCUT2D eigenvalue weighted by Gasteiger charge is 2.41. The molecule has 1 aromatic carbocycles. The van der Waals surface area contributed by atoms with Crippen molar-refractivity contribution in [3.63, 3.8) is 0 Å². The molecule has 2 saturated carbocycles. The molecule has 3 aliphatic rings. The normalized spacial score (nSPS) is 29.6. The van der Waals surface area contributed by atoms with Gasteiger partial charge in [0.05, 0.1) is 12.0 Å². The lowest BCUT2D eigenvalue weighted by Crippen LogP contribution is -2.40. The van der Waals surface area contributed by atoms with Gasteiger partial charge >= 0.3 is 5.97 Å². The molecule has 0 heterocycles. The van der Waals surface area contributed by atoms with Gasteiger partial charge in [-0.15, -0.1) is 0 Å². The summed E-state index contributed by atoms with van der Waals surface area (Å²) in [6.07, 6.45) is 7.03. The van der Waals surface area contributed by atoms with Crippen LogP contribution in [0.5, 0.6) is 0 Å². The summed E-state index contributed by atoms with van der Waals surface area (Å²) in [5, 5.41) is 3.01. The Hall–Kier alpha value is -2.17. The van der Waals surface area contributed by atoms with Gasteiger partial charge in [-0.25, -0.2) is 0 Å². The molecular weight excluding hydrogens is 342 g/mol. The summed E-state index contributed by atoms with van der Waals surface area (Å²) in [5.41, 5.74) is 2.45. The molecule has 1 unspecified atom stereocenters. The summed E-state index contributed by atoms with van der Waals surface area (Å²) in [6.45, 7) is -0.239. The Kier molecular flexibility index (Phi) is 5.28. The van der Waals surface area contributed by atoms with E-state index in [-0.39, 0.29) is 42.3 Å². The van der Waals surface area contributed by atoms with E-state index >= 15 is 0 Å². The van der Waals surface area contributed by atoms with Crippen molar-refractivity contribution in [2.75, 3.05) is 6.61 Å². The van der Waals surface area contributed by atoms with Crippen molar-refractivity contribution in [2.45, 2.75) is 57.4 Å². The van der Waals surface area contributed by atoms with Gasteiger partial charge in [0.25, 0.3) is 5.91 Å². The van der Waals surface area contributed by atoms with E-state index in [0.717, 1.165) is 38.5 Å². The Balaban J connectivity index is 1.29. The highest BCUT2D eigenvalue weighted by atomic mass is 16.5. The zero-order chi connectivity index (χ0) is 18.8. The van der Waals surface area contributed by atoms with Gasteiger partial charge in [-0.2, -0.15) is 0 Å². The third-order valence-corrected chi connectivity index (χ3v) is 6.43. The van der Waals surface area contributed by atoms with Crippen LogP contribution in [0.15, 0.2) is 24.3 Å². The molecule has 3 aliphatic carbocycles. The lowest BCUT2D eigenvalue weighted by molar-refractivity contribution is -0.156. The minimum atomic E-state index is -0.321. The quantitative estimate of drug-likeness (QED) is 0.828. The van der Waals surface area contributed by atoms with Crippen LogP contribution >= 0.6 is 0 Å². The summed E-state index contributed by atoms with van der Waals surface area (Å²) >= 11 is 0. The molecule has 144 valence electrons. The first-order valence-corrected chi connectivity index (χ1v) is 10.2. The first-order chi connectivity index (χ1) is 13.1. The van der Waals surface area contributed by atoms with Gasteiger partial charge < -0.3 is 10.1 Å². The number of Topliss-reactive ketones (excluding diaryl/α,β-unsaturated/α-hetero) is 1. The number of ether oxygens (including phenoxy) is 1. The molecule has 5 nitrogen and oxygen atoms in total. The number of amides is 1. The maximum Gasteiger partial charge on any atom is 0.309 e. The smallest absolute Gasteiger partial charge is 0.309 e. The predicted molar refractivity (Wildman–Crippen MR) is 99.8 cm³/mol. The molecule has 2 bridgehead atoms. The molecule has 4 rings (SSSR count). The Morgan fingerprint density at radius 1 is 1.04 bits per heavy atom.